The molecular weight excluding hydrogens is 224 g/mol. The molecule has 0 spiro atoms. The van der Waals surface area contributed by atoms with Crippen LogP contribution in [0.1, 0.15) is 17.2 Å². The van der Waals surface area contributed by atoms with Gasteiger partial charge in [0, 0.05) is 10.5 Å². The van der Waals surface area contributed by atoms with E-state index >= 15 is 0 Å². The SMILES string of the molecule is [N-]=[N+]=NCC(O)C(O)c1ccccc1C=NO. The van der Waals surface area contributed by atoms with Gasteiger partial charge in [0.25, 0.3) is 0 Å². The van der Waals surface area contributed by atoms with Crippen molar-refractivity contribution in [3.63, 3.8) is 0 Å². The second kappa shape index (κ2) is 6.49. The third-order valence-electron chi connectivity index (χ3n) is 2.21. The average molecular weight is 236 g/mol. The summed E-state index contributed by atoms with van der Waals surface area (Å²) >= 11 is 0. The van der Waals surface area contributed by atoms with E-state index < -0.39 is 12.2 Å². The summed E-state index contributed by atoms with van der Waals surface area (Å²) in [5.41, 5.74) is 8.99. The molecule has 0 aliphatic rings. The summed E-state index contributed by atoms with van der Waals surface area (Å²) in [5, 5.41) is 33.9. The smallest absolute Gasteiger partial charge is 0.106 e. The Labute approximate surface area is 97.3 Å². The Morgan fingerprint density at radius 2 is 2.06 bits per heavy atom. The van der Waals surface area contributed by atoms with Gasteiger partial charge in [-0.2, -0.15) is 0 Å². The Kier molecular flexibility index (Phi) is 4.96. The van der Waals surface area contributed by atoms with Crippen LogP contribution in [0.15, 0.2) is 34.5 Å². The topological polar surface area (TPSA) is 122 Å². The summed E-state index contributed by atoms with van der Waals surface area (Å²) in [6.45, 7) is -0.234. The molecule has 0 aliphatic heterocycles. The van der Waals surface area contributed by atoms with E-state index in [2.05, 4.69) is 15.2 Å². The van der Waals surface area contributed by atoms with Crippen molar-refractivity contribution >= 4 is 6.21 Å². The molecule has 3 N–H and O–H groups in total. The van der Waals surface area contributed by atoms with Crippen molar-refractivity contribution in [1.82, 2.24) is 0 Å². The van der Waals surface area contributed by atoms with Gasteiger partial charge in [-0.05, 0) is 11.1 Å². The van der Waals surface area contributed by atoms with Gasteiger partial charge in [0.05, 0.1) is 18.9 Å². The quantitative estimate of drug-likeness (QED) is 0.178. The third kappa shape index (κ3) is 3.46. The normalized spacial score (nSPS) is 14.2. The maximum atomic E-state index is 9.85. The molecule has 0 fully saturated rings. The minimum atomic E-state index is -1.21. The average Bonchev–Trinajstić information content (AvgIpc) is 2.36. The van der Waals surface area contributed by atoms with Crippen LogP contribution in [0.5, 0.6) is 0 Å². The molecule has 0 heterocycles. The van der Waals surface area contributed by atoms with Gasteiger partial charge in [-0.25, -0.2) is 0 Å². The van der Waals surface area contributed by atoms with Crippen molar-refractivity contribution in [1.29, 1.82) is 0 Å². The fourth-order valence-electron chi connectivity index (χ4n) is 1.39. The van der Waals surface area contributed by atoms with Crippen LogP contribution in [0.25, 0.3) is 10.4 Å². The van der Waals surface area contributed by atoms with Crippen LogP contribution < -0.4 is 0 Å². The summed E-state index contributed by atoms with van der Waals surface area (Å²) in [4.78, 5) is 2.50. The van der Waals surface area contributed by atoms with Crippen LogP contribution in [-0.4, -0.2) is 34.3 Å². The predicted molar refractivity (Wildman–Crippen MR) is 60.8 cm³/mol. The van der Waals surface area contributed by atoms with E-state index in [4.69, 9.17) is 10.7 Å². The zero-order valence-corrected chi connectivity index (χ0v) is 8.88. The van der Waals surface area contributed by atoms with E-state index in [1.165, 1.54) is 0 Å². The molecule has 0 aliphatic carbocycles. The minimum Gasteiger partial charge on any atom is -0.411 e. The Morgan fingerprint density at radius 3 is 2.71 bits per heavy atom. The molecule has 0 radical (unpaired) electrons. The standard InChI is InChI=1S/C10H12N4O3/c11-14-12-6-9(15)10(16)8-4-2-1-3-7(8)5-13-17/h1-5,9-10,15-17H,6H2. The highest BCUT2D eigenvalue weighted by molar-refractivity contribution is 5.81. The molecule has 1 aromatic carbocycles. The van der Waals surface area contributed by atoms with Crippen LogP contribution >= 0.6 is 0 Å². The van der Waals surface area contributed by atoms with Gasteiger partial charge in [0.15, 0.2) is 0 Å². The number of benzene rings is 1. The van der Waals surface area contributed by atoms with Gasteiger partial charge in [-0.15, -0.1) is 0 Å². The van der Waals surface area contributed by atoms with E-state index in [-0.39, 0.29) is 6.54 Å². The predicted octanol–water partition coefficient (Wildman–Crippen LogP) is 1.20. The lowest BCUT2D eigenvalue weighted by Gasteiger charge is -2.17. The molecule has 7 nitrogen and oxygen atoms in total. The first kappa shape index (κ1) is 13.0. The second-order valence-electron chi connectivity index (χ2n) is 3.30. The molecule has 2 atom stereocenters. The maximum absolute atomic E-state index is 9.85. The van der Waals surface area contributed by atoms with Gasteiger partial charge < -0.3 is 15.4 Å². The van der Waals surface area contributed by atoms with Gasteiger partial charge in [0.2, 0.25) is 0 Å². The van der Waals surface area contributed by atoms with Crippen LogP contribution in [-0.2, 0) is 0 Å². The van der Waals surface area contributed by atoms with E-state index in [1.54, 1.807) is 24.3 Å². The van der Waals surface area contributed by atoms with Crippen molar-refractivity contribution < 1.29 is 15.4 Å². The Morgan fingerprint density at radius 1 is 1.35 bits per heavy atom. The second-order valence-corrected chi connectivity index (χ2v) is 3.30. The summed E-state index contributed by atoms with van der Waals surface area (Å²) in [5.74, 6) is 0. The van der Waals surface area contributed by atoms with Crippen molar-refractivity contribution in [2.75, 3.05) is 6.54 Å². The molecule has 1 aromatic rings. The molecule has 2 unspecified atom stereocenters. The molecule has 7 heteroatoms. The number of azide groups is 1. The first-order chi connectivity index (χ1) is 8.20. The largest absolute Gasteiger partial charge is 0.411 e. The number of hydrogen-bond acceptors (Lipinski definition) is 5. The first-order valence-corrected chi connectivity index (χ1v) is 4.84. The Bertz CT molecular complexity index is 443. The lowest BCUT2D eigenvalue weighted by Crippen LogP contribution is -2.22. The van der Waals surface area contributed by atoms with Crippen LogP contribution in [0.3, 0.4) is 0 Å². The highest BCUT2D eigenvalue weighted by Gasteiger charge is 2.19. The summed E-state index contributed by atoms with van der Waals surface area (Å²) < 4.78 is 0. The zero-order chi connectivity index (χ0) is 12.7. The van der Waals surface area contributed by atoms with Gasteiger partial charge >= 0.3 is 0 Å². The van der Waals surface area contributed by atoms with Crippen molar-refractivity contribution in [2.24, 2.45) is 10.3 Å². The van der Waals surface area contributed by atoms with Gasteiger partial charge in [0.1, 0.15) is 6.10 Å². The fourth-order valence-corrected chi connectivity index (χ4v) is 1.39. The number of hydrogen-bond donors (Lipinski definition) is 3. The Hall–Kier alpha value is -2.08. The number of rotatable bonds is 5. The van der Waals surface area contributed by atoms with Crippen LogP contribution in [0, 0.1) is 0 Å². The van der Waals surface area contributed by atoms with Crippen molar-refractivity contribution in [3.05, 3.63) is 45.8 Å². The number of aliphatic hydroxyl groups excluding tert-OH is 2. The lowest BCUT2D eigenvalue weighted by molar-refractivity contribution is 0.0243. The van der Waals surface area contributed by atoms with E-state index in [9.17, 15) is 10.2 Å². The molecular formula is C10H12N4O3. The molecule has 90 valence electrons. The molecule has 1 rings (SSSR count). The first-order valence-electron chi connectivity index (χ1n) is 4.84. The molecule has 0 bridgehead atoms. The zero-order valence-electron chi connectivity index (χ0n) is 8.88. The monoisotopic (exact) mass is 236 g/mol. The molecule has 0 saturated heterocycles. The molecule has 0 saturated carbocycles. The minimum absolute atomic E-state index is 0.234. The maximum Gasteiger partial charge on any atom is 0.106 e. The van der Waals surface area contributed by atoms with Crippen LogP contribution in [0.4, 0.5) is 0 Å². The fraction of sp³-hybridized carbons (Fsp3) is 0.300. The summed E-state index contributed by atoms with van der Waals surface area (Å²) in [7, 11) is 0. The number of oxime groups is 1. The third-order valence-corrected chi connectivity index (χ3v) is 2.21. The van der Waals surface area contributed by atoms with Gasteiger partial charge in [-0.3, -0.25) is 0 Å². The lowest BCUT2D eigenvalue weighted by atomic mass is 9.99. The van der Waals surface area contributed by atoms with Crippen molar-refractivity contribution in [2.45, 2.75) is 12.2 Å². The Balaban J connectivity index is 2.94. The highest BCUT2D eigenvalue weighted by atomic mass is 16.4. The molecule has 17 heavy (non-hydrogen) atoms. The van der Waals surface area contributed by atoms with E-state index in [0.29, 0.717) is 11.1 Å². The number of nitrogens with zero attached hydrogens (tertiary/aromatic N) is 4. The summed E-state index contributed by atoms with van der Waals surface area (Å²) in [6, 6.07) is 6.58. The van der Waals surface area contributed by atoms with E-state index in [1.807, 2.05) is 0 Å². The van der Waals surface area contributed by atoms with Gasteiger partial charge in [-0.1, -0.05) is 34.5 Å². The van der Waals surface area contributed by atoms with Crippen LogP contribution in [0.2, 0.25) is 0 Å². The number of aliphatic hydroxyl groups is 2. The van der Waals surface area contributed by atoms with E-state index in [0.717, 1.165) is 6.21 Å². The molecule has 0 amide bonds. The molecule has 0 aromatic heterocycles. The summed E-state index contributed by atoms with van der Waals surface area (Å²) in [6.07, 6.45) is -1.27. The van der Waals surface area contributed by atoms with Crippen molar-refractivity contribution in [3.8, 4) is 0 Å². The highest BCUT2D eigenvalue weighted by Crippen LogP contribution is 2.20.